The maximum atomic E-state index is 13.8. The van der Waals surface area contributed by atoms with Gasteiger partial charge in [0.2, 0.25) is 0 Å². The highest BCUT2D eigenvalue weighted by Crippen LogP contribution is 2.21. The molecular weight excluding hydrogens is 233 g/mol. The van der Waals surface area contributed by atoms with Gasteiger partial charge in [-0.1, -0.05) is 6.07 Å². The minimum atomic E-state index is -0.270. The molecule has 0 amide bonds. The van der Waals surface area contributed by atoms with Crippen molar-refractivity contribution in [1.82, 2.24) is 5.32 Å². The number of hydrogen-bond donors (Lipinski definition) is 1. The SMILES string of the molecule is COc1ccc(C(C)NCc2ccco2)c(F)c1. The Morgan fingerprint density at radius 1 is 1.39 bits per heavy atom. The fourth-order valence-corrected chi connectivity index (χ4v) is 1.76. The van der Waals surface area contributed by atoms with E-state index in [1.165, 1.54) is 13.2 Å². The molecule has 18 heavy (non-hydrogen) atoms. The second kappa shape index (κ2) is 5.69. The Hall–Kier alpha value is -1.81. The average molecular weight is 249 g/mol. The monoisotopic (exact) mass is 249 g/mol. The van der Waals surface area contributed by atoms with Crippen LogP contribution in [-0.4, -0.2) is 7.11 Å². The van der Waals surface area contributed by atoms with E-state index in [0.717, 1.165) is 5.76 Å². The summed E-state index contributed by atoms with van der Waals surface area (Å²) in [7, 11) is 1.52. The van der Waals surface area contributed by atoms with Gasteiger partial charge in [-0.3, -0.25) is 0 Å². The maximum absolute atomic E-state index is 13.8. The Morgan fingerprint density at radius 3 is 2.83 bits per heavy atom. The fourth-order valence-electron chi connectivity index (χ4n) is 1.76. The van der Waals surface area contributed by atoms with E-state index in [9.17, 15) is 4.39 Å². The van der Waals surface area contributed by atoms with Crippen molar-refractivity contribution in [2.24, 2.45) is 0 Å². The molecular formula is C14H16FNO2. The molecule has 0 aliphatic heterocycles. The highest BCUT2D eigenvalue weighted by Gasteiger charge is 2.11. The topological polar surface area (TPSA) is 34.4 Å². The van der Waals surface area contributed by atoms with E-state index in [4.69, 9.17) is 9.15 Å². The summed E-state index contributed by atoms with van der Waals surface area (Å²) in [6.45, 7) is 2.48. The first-order valence-corrected chi connectivity index (χ1v) is 5.80. The van der Waals surface area contributed by atoms with Crippen LogP contribution in [0.15, 0.2) is 41.0 Å². The normalized spacial score (nSPS) is 12.4. The number of halogens is 1. The smallest absolute Gasteiger partial charge is 0.131 e. The van der Waals surface area contributed by atoms with Gasteiger partial charge in [-0.05, 0) is 25.1 Å². The lowest BCUT2D eigenvalue weighted by Gasteiger charge is -2.14. The van der Waals surface area contributed by atoms with Gasteiger partial charge in [0, 0.05) is 17.7 Å². The van der Waals surface area contributed by atoms with E-state index in [0.29, 0.717) is 17.9 Å². The van der Waals surface area contributed by atoms with Crippen LogP contribution < -0.4 is 10.1 Å². The summed E-state index contributed by atoms with van der Waals surface area (Å²) in [6, 6.07) is 8.48. The molecule has 1 aromatic carbocycles. The zero-order valence-corrected chi connectivity index (χ0v) is 10.4. The number of methoxy groups -OCH3 is 1. The van der Waals surface area contributed by atoms with Crippen LogP contribution in [0.4, 0.5) is 4.39 Å². The second-order valence-corrected chi connectivity index (χ2v) is 4.07. The molecule has 96 valence electrons. The second-order valence-electron chi connectivity index (χ2n) is 4.07. The van der Waals surface area contributed by atoms with Crippen LogP contribution in [0, 0.1) is 5.82 Å². The van der Waals surface area contributed by atoms with Crippen LogP contribution in [-0.2, 0) is 6.54 Å². The molecule has 1 atom stereocenters. The van der Waals surface area contributed by atoms with Crippen molar-refractivity contribution in [3.8, 4) is 5.75 Å². The molecule has 0 radical (unpaired) electrons. The lowest BCUT2D eigenvalue weighted by Crippen LogP contribution is -2.18. The van der Waals surface area contributed by atoms with Crippen LogP contribution in [0.1, 0.15) is 24.3 Å². The molecule has 2 aromatic rings. The van der Waals surface area contributed by atoms with Gasteiger partial charge < -0.3 is 14.5 Å². The van der Waals surface area contributed by atoms with E-state index in [2.05, 4.69) is 5.32 Å². The largest absolute Gasteiger partial charge is 0.497 e. The molecule has 0 saturated heterocycles. The molecule has 1 unspecified atom stereocenters. The third-order valence-electron chi connectivity index (χ3n) is 2.84. The van der Waals surface area contributed by atoms with Gasteiger partial charge in [0.05, 0.1) is 19.9 Å². The van der Waals surface area contributed by atoms with Crippen molar-refractivity contribution >= 4 is 0 Å². The first-order chi connectivity index (χ1) is 8.70. The number of rotatable bonds is 5. The Kier molecular flexibility index (Phi) is 3.99. The molecule has 0 spiro atoms. The Labute approximate surface area is 106 Å². The molecule has 1 heterocycles. The van der Waals surface area contributed by atoms with Gasteiger partial charge in [0.15, 0.2) is 0 Å². The zero-order chi connectivity index (χ0) is 13.0. The molecule has 0 fully saturated rings. The number of furan rings is 1. The van der Waals surface area contributed by atoms with Crippen LogP contribution >= 0.6 is 0 Å². The molecule has 4 heteroatoms. The lowest BCUT2D eigenvalue weighted by molar-refractivity contribution is 0.408. The molecule has 0 aliphatic carbocycles. The quantitative estimate of drug-likeness (QED) is 0.883. The number of nitrogens with one attached hydrogen (secondary N) is 1. The van der Waals surface area contributed by atoms with E-state index in [-0.39, 0.29) is 11.9 Å². The number of ether oxygens (including phenoxy) is 1. The Bertz CT molecular complexity index is 497. The van der Waals surface area contributed by atoms with Crippen LogP contribution in [0.25, 0.3) is 0 Å². The van der Waals surface area contributed by atoms with E-state index >= 15 is 0 Å². The predicted molar refractivity (Wildman–Crippen MR) is 66.9 cm³/mol. The van der Waals surface area contributed by atoms with E-state index < -0.39 is 0 Å². The lowest BCUT2D eigenvalue weighted by atomic mass is 10.1. The summed E-state index contributed by atoms with van der Waals surface area (Å²) >= 11 is 0. The van der Waals surface area contributed by atoms with Crippen molar-refractivity contribution in [1.29, 1.82) is 0 Å². The minimum absolute atomic E-state index is 0.0963. The maximum Gasteiger partial charge on any atom is 0.131 e. The summed E-state index contributed by atoms with van der Waals surface area (Å²) < 4.78 is 24.0. The zero-order valence-electron chi connectivity index (χ0n) is 10.4. The van der Waals surface area contributed by atoms with Crippen LogP contribution in [0.2, 0.25) is 0 Å². The number of hydrogen-bond acceptors (Lipinski definition) is 3. The molecule has 1 N–H and O–H groups in total. The average Bonchev–Trinajstić information content (AvgIpc) is 2.88. The first kappa shape index (κ1) is 12.6. The Balaban J connectivity index is 2.02. The predicted octanol–water partition coefficient (Wildman–Crippen LogP) is 3.28. The van der Waals surface area contributed by atoms with Gasteiger partial charge >= 0.3 is 0 Å². The van der Waals surface area contributed by atoms with Crippen molar-refractivity contribution in [2.45, 2.75) is 19.5 Å². The highest BCUT2D eigenvalue weighted by atomic mass is 19.1. The summed E-state index contributed by atoms with van der Waals surface area (Å²) in [4.78, 5) is 0. The minimum Gasteiger partial charge on any atom is -0.497 e. The van der Waals surface area contributed by atoms with Gasteiger partial charge in [0.25, 0.3) is 0 Å². The Morgan fingerprint density at radius 2 is 2.22 bits per heavy atom. The first-order valence-electron chi connectivity index (χ1n) is 5.80. The van der Waals surface area contributed by atoms with Crippen LogP contribution in [0.5, 0.6) is 5.75 Å². The van der Waals surface area contributed by atoms with E-state index in [1.54, 1.807) is 18.4 Å². The third kappa shape index (κ3) is 2.90. The number of benzene rings is 1. The molecule has 2 rings (SSSR count). The van der Waals surface area contributed by atoms with Gasteiger partial charge in [-0.15, -0.1) is 0 Å². The molecule has 0 aliphatic rings. The molecule has 3 nitrogen and oxygen atoms in total. The van der Waals surface area contributed by atoms with Crippen molar-refractivity contribution in [3.63, 3.8) is 0 Å². The molecule has 0 saturated carbocycles. The van der Waals surface area contributed by atoms with Crippen molar-refractivity contribution < 1.29 is 13.5 Å². The highest BCUT2D eigenvalue weighted by molar-refractivity contribution is 5.30. The van der Waals surface area contributed by atoms with Gasteiger partial charge in [-0.25, -0.2) is 4.39 Å². The summed E-state index contributed by atoms with van der Waals surface area (Å²) in [5.74, 6) is 1.08. The summed E-state index contributed by atoms with van der Waals surface area (Å²) in [6.07, 6.45) is 1.62. The van der Waals surface area contributed by atoms with Crippen molar-refractivity contribution in [2.75, 3.05) is 7.11 Å². The molecule has 1 aromatic heterocycles. The van der Waals surface area contributed by atoms with Crippen LogP contribution in [0.3, 0.4) is 0 Å². The third-order valence-corrected chi connectivity index (χ3v) is 2.84. The van der Waals surface area contributed by atoms with Gasteiger partial charge in [0.1, 0.15) is 17.3 Å². The molecule has 0 bridgehead atoms. The summed E-state index contributed by atoms with van der Waals surface area (Å²) in [5, 5.41) is 3.21. The standard InChI is InChI=1S/C14H16FNO2/c1-10(16-9-12-4-3-7-18-12)13-6-5-11(17-2)8-14(13)15/h3-8,10,16H,9H2,1-2H3. The van der Waals surface area contributed by atoms with Gasteiger partial charge in [-0.2, -0.15) is 0 Å². The summed E-state index contributed by atoms with van der Waals surface area (Å²) in [5.41, 5.74) is 0.613. The fraction of sp³-hybridized carbons (Fsp3) is 0.286. The van der Waals surface area contributed by atoms with E-state index in [1.807, 2.05) is 19.1 Å². The van der Waals surface area contributed by atoms with Crippen molar-refractivity contribution in [3.05, 3.63) is 53.7 Å².